The Kier molecular flexibility index (Phi) is 6.28. The number of aromatic nitrogens is 2. The zero-order valence-corrected chi connectivity index (χ0v) is 22.8. The summed E-state index contributed by atoms with van der Waals surface area (Å²) in [7, 11) is 0. The molecule has 40 heavy (non-hydrogen) atoms. The van der Waals surface area contributed by atoms with E-state index < -0.39 is 6.09 Å². The molecule has 202 valence electrons. The second-order valence-corrected chi connectivity index (χ2v) is 11.2. The van der Waals surface area contributed by atoms with Gasteiger partial charge >= 0.3 is 6.09 Å². The first kappa shape index (κ1) is 24.9. The fourth-order valence-electron chi connectivity index (χ4n) is 7.12. The molecule has 1 N–H and O–H groups in total. The van der Waals surface area contributed by atoms with Crippen molar-refractivity contribution in [2.75, 3.05) is 13.1 Å². The van der Waals surface area contributed by atoms with E-state index in [-0.39, 0.29) is 11.5 Å². The molecule has 7 rings (SSSR count). The van der Waals surface area contributed by atoms with E-state index in [1.807, 2.05) is 0 Å². The third-order valence-electron chi connectivity index (χ3n) is 9.03. The van der Waals surface area contributed by atoms with Crippen LogP contribution in [0.3, 0.4) is 0 Å². The third-order valence-corrected chi connectivity index (χ3v) is 9.03. The van der Waals surface area contributed by atoms with Gasteiger partial charge in [-0.2, -0.15) is 0 Å². The van der Waals surface area contributed by atoms with Crippen molar-refractivity contribution in [1.29, 1.82) is 0 Å². The highest BCUT2D eigenvalue weighted by molar-refractivity contribution is 6.08. The van der Waals surface area contributed by atoms with Gasteiger partial charge in [0.2, 0.25) is 0 Å². The Morgan fingerprint density at radius 2 is 1.70 bits per heavy atom. The van der Waals surface area contributed by atoms with Gasteiger partial charge in [0.05, 0.1) is 6.04 Å². The molecule has 3 heterocycles. The number of piperidine rings is 1. The van der Waals surface area contributed by atoms with Crippen LogP contribution in [-0.4, -0.2) is 33.6 Å². The number of ether oxygens (including phenoxy) is 1. The van der Waals surface area contributed by atoms with Gasteiger partial charge in [-0.25, -0.2) is 4.79 Å². The van der Waals surface area contributed by atoms with Gasteiger partial charge in [0.15, 0.2) is 0 Å². The van der Waals surface area contributed by atoms with Crippen molar-refractivity contribution in [1.82, 2.24) is 19.8 Å². The minimum atomic E-state index is -0.416. The molecule has 0 bridgehead atoms. The van der Waals surface area contributed by atoms with E-state index in [9.17, 15) is 4.79 Å². The van der Waals surface area contributed by atoms with Crippen LogP contribution < -0.4 is 10.1 Å². The summed E-state index contributed by atoms with van der Waals surface area (Å²) in [5, 5.41) is 5.83. The van der Waals surface area contributed by atoms with Crippen LogP contribution >= 0.6 is 0 Å². The maximum atomic E-state index is 12.7. The van der Waals surface area contributed by atoms with E-state index in [2.05, 4.69) is 93.4 Å². The van der Waals surface area contributed by atoms with Crippen LogP contribution in [0.5, 0.6) is 5.75 Å². The smallest absolute Gasteiger partial charge is 0.410 e. The van der Waals surface area contributed by atoms with Crippen LogP contribution in [0.15, 0.2) is 91.3 Å². The number of aryl methyl sites for hydroxylation is 1. The van der Waals surface area contributed by atoms with Crippen LogP contribution in [0.25, 0.3) is 21.8 Å². The molecule has 0 saturated carbocycles. The molecule has 6 heteroatoms. The summed E-state index contributed by atoms with van der Waals surface area (Å²) in [6.07, 6.45) is 5.90. The van der Waals surface area contributed by atoms with E-state index in [1.165, 1.54) is 38.5 Å². The Hall–Kier alpha value is -4.16. The predicted octanol–water partition coefficient (Wildman–Crippen LogP) is 6.98. The van der Waals surface area contributed by atoms with E-state index in [1.54, 1.807) is 24.5 Å². The number of para-hydroxylation sites is 1. The second kappa shape index (κ2) is 10.1. The van der Waals surface area contributed by atoms with Gasteiger partial charge in [-0.15, -0.1) is 0 Å². The Labute approximate surface area is 234 Å². The number of fused-ring (bicyclic) bond motifs is 5. The second-order valence-electron chi connectivity index (χ2n) is 11.2. The van der Waals surface area contributed by atoms with E-state index in [0.717, 1.165) is 45.4 Å². The Morgan fingerprint density at radius 1 is 0.950 bits per heavy atom. The SMILES string of the molecule is CCn1c2ccccc2c2cc(CN3CCC4(CC3)CC(NC(=O)Oc3ccncc3)c3ccccc34)ccc21. The highest BCUT2D eigenvalue weighted by Gasteiger charge is 2.45. The zero-order chi connectivity index (χ0) is 27.1. The monoisotopic (exact) mass is 530 g/mol. The van der Waals surface area contributed by atoms with E-state index in [4.69, 9.17) is 4.74 Å². The van der Waals surface area contributed by atoms with Crippen molar-refractivity contribution in [3.05, 3.63) is 108 Å². The lowest BCUT2D eigenvalue weighted by atomic mass is 9.73. The highest BCUT2D eigenvalue weighted by atomic mass is 16.6. The van der Waals surface area contributed by atoms with Gasteiger partial charge in [-0.05, 0) is 86.3 Å². The predicted molar refractivity (Wildman–Crippen MR) is 159 cm³/mol. The van der Waals surface area contributed by atoms with Crippen molar-refractivity contribution in [2.24, 2.45) is 0 Å². The summed E-state index contributed by atoms with van der Waals surface area (Å²) in [5.74, 6) is 0.499. The summed E-state index contributed by atoms with van der Waals surface area (Å²) >= 11 is 0. The molecule has 3 aromatic carbocycles. The number of pyridine rings is 1. The number of likely N-dealkylation sites (tertiary alicyclic amines) is 1. The number of hydrogen-bond acceptors (Lipinski definition) is 4. The number of nitrogens with zero attached hydrogens (tertiary/aromatic N) is 3. The standard InChI is InChI=1S/C34H34N4O2/c1-2-38-31-10-6-4-7-26(31)28-21-24(11-12-32(28)38)23-37-19-15-34(16-20-37)22-30(27-8-3-5-9-29(27)34)36-33(39)40-25-13-17-35-18-14-25/h3-14,17-18,21,30H,2,15-16,19-20,22-23H2,1H3,(H,36,39). The lowest BCUT2D eigenvalue weighted by Crippen LogP contribution is -2.41. The van der Waals surface area contributed by atoms with Gasteiger partial charge in [0, 0.05) is 52.7 Å². The first-order valence-corrected chi connectivity index (χ1v) is 14.3. The molecule has 1 aliphatic carbocycles. The highest BCUT2D eigenvalue weighted by Crippen LogP contribution is 2.51. The summed E-state index contributed by atoms with van der Waals surface area (Å²) < 4.78 is 7.93. The average molecular weight is 531 g/mol. The van der Waals surface area contributed by atoms with Crippen molar-refractivity contribution in [3.8, 4) is 5.75 Å². The van der Waals surface area contributed by atoms with Crippen molar-refractivity contribution >= 4 is 27.9 Å². The van der Waals surface area contributed by atoms with Crippen molar-refractivity contribution in [2.45, 2.75) is 50.7 Å². The zero-order valence-electron chi connectivity index (χ0n) is 22.8. The lowest BCUT2D eigenvalue weighted by molar-refractivity contribution is 0.145. The number of hydrogen-bond donors (Lipinski definition) is 1. The molecule has 6 nitrogen and oxygen atoms in total. The Balaban J connectivity index is 1.06. The quantitative estimate of drug-likeness (QED) is 0.266. The number of amides is 1. The first-order chi connectivity index (χ1) is 19.6. The average Bonchev–Trinajstić information content (AvgIpc) is 3.47. The fraction of sp³-hybridized carbons (Fsp3) is 0.294. The molecule has 1 amide bonds. The molecule has 0 radical (unpaired) electrons. The summed E-state index contributed by atoms with van der Waals surface area (Å²) in [6.45, 7) is 6.22. The molecule has 1 unspecified atom stereocenters. The maximum Gasteiger partial charge on any atom is 0.413 e. The Morgan fingerprint density at radius 3 is 2.52 bits per heavy atom. The third kappa shape index (κ3) is 4.33. The van der Waals surface area contributed by atoms with Gasteiger partial charge in [-0.1, -0.05) is 48.5 Å². The number of carbonyl (C=O) groups excluding carboxylic acids is 1. The largest absolute Gasteiger partial charge is 0.413 e. The number of rotatable bonds is 5. The molecule has 1 atom stereocenters. The minimum Gasteiger partial charge on any atom is -0.410 e. The van der Waals surface area contributed by atoms with E-state index >= 15 is 0 Å². The summed E-state index contributed by atoms with van der Waals surface area (Å²) in [5.41, 5.74) is 6.68. The molecule has 1 saturated heterocycles. The molecule has 2 aromatic heterocycles. The summed E-state index contributed by atoms with van der Waals surface area (Å²) in [6, 6.07) is 27.7. The maximum absolute atomic E-state index is 12.7. The van der Waals surface area contributed by atoms with Gasteiger partial charge in [-0.3, -0.25) is 9.88 Å². The van der Waals surface area contributed by atoms with Crippen LogP contribution in [0.1, 0.15) is 48.9 Å². The van der Waals surface area contributed by atoms with Crippen LogP contribution in [0.4, 0.5) is 4.79 Å². The van der Waals surface area contributed by atoms with Crippen LogP contribution in [-0.2, 0) is 18.5 Å². The van der Waals surface area contributed by atoms with E-state index in [0.29, 0.717) is 5.75 Å². The number of carbonyl (C=O) groups is 1. The lowest BCUT2D eigenvalue weighted by Gasteiger charge is -2.40. The topological polar surface area (TPSA) is 59.4 Å². The van der Waals surface area contributed by atoms with Crippen molar-refractivity contribution in [3.63, 3.8) is 0 Å². The minimum absolute atomic E-state index is 0.0459. The fourth-order valence-corrected chi connectivity index (χ4v) is 7.12. The Bertz CT molecular complexity index is 1680. The van der Waals surface area contributed by atoms with Crippen molar-refractivity contribution < 1.29 is 9.53 Å². The molecule has 5 aromatic rings. The molecular formula is C34H34N4O2. The molecule has 2 aliphatic rings. The van der Waals surface area contributed by atoms with Gasteiger partial charge in [0.1, 0.15) is 5.75 Å². The molecule has 1 fully saturated rings. The number of benzene rings is 3. The van der Waals surface area contributed by atoms with Gasteiger partial charge < -0.3 is 14.6 Å². The van der Waals surface area contributed by atoms with Crippen LogP contribution in [0.2, 0.25) is 0 Å². The number of nitrogens with one attached hydrogen (secondary N) is 1. The normalized spacial score (nSPS) is 18.3. The first-order valence-electron chi connectivity index (χ1n) is 14.3. The summed E-state index contributed by atoms with van der Waals surface area (Å²) in [4.78, 5) is 19.3. The van der Waals surface area contributed by atoms with Gasteiger partial charge in [0.25, 0.3) is 0 Å². The molecular weight excluding hydrogens is 496 g/mol. The van der Waals surface area contributed by atoms with Crippen LogP contribution in [0, 0.1) is 0 Å². The molecule has 1 spiro atoms. The molecule has 1 aliphatic heterocycles.